The molecule has 1 aromatic rings. The molecular formula is C14H14Cl2N2O3. The van der Waals surface area contributed by atoms with Crippen LogP contribution in [0.4, 0.5) is 16.2 Å². The topological polar surface area (TPSA) is 58.6 Å². The van der Waals surface area contributed by atoms with Gasteiger partial charge in [-0.3, -0.25) is 9.69 Å². The Labute approximate surface area is 132 Å². The van der Waals surface area contributed by atoms with E-state index in [0.717, 1.165) is 11.3 Å². The fourth-order valence-electron chi connectivity index (χ4n) is 2.32. The van der Waals surface area contributed by atoms with Crippen molar-refractivity contribution < 1.29 is 14.3 Å². The Kier molecular flexibility index (Phi) is 3.50. The monoisotopic (exact) mass is 328 g/mol. The molecule has 21 heavy (non-hydrogen) atoms. The molecule has 1 heterocycles. The number of amides is 2. The maximum atomic E-state index is 12.0. The third-order valence-corrected chi connectivity index (χ3v) is 4.51. The number of nitrogens with one attached hydrogen (secondary N) is 1. The summed E-state index contributed by atoms with van der Waals surface area (Å²) in [7, 11) is 0. The number of benzene rings is 1. The summed E-state index contributed by atoms with van der Waals surface area (Å²) in [6, 6.07) is 5.38. The third-order valence-electron chi connectivity index (χ3n) is 3.67. The summed E-state index contributed by atoms with van der Waals surface area (Å²) in [6.07, 6.45) is 0.0864. The molecule has 1 saturated heterocycles. The van der Waals surface area contributed by atoms with Crippen LogP contribution < -0.4 is 10.2 Å². The van der Waals surface area contributed by atoms with Gasteiger partial charge in [-0.1, -0.05) is 6.07 Å². The summed E-state index contributed by atoms with van der Waals surface area (Å²) >= 11 is 11.8. The maximum absolute atomic E-state index is 12.0. The average Bonchev–Trinajstić information content (AvgIpc) is 2.86. The normalized spacial score (nSPS) is 22.9. The van der Waals surface area contributed by atoms with Crippen molar-refractivity contribution in [3.05, 3.63) is 23.8 Å². The van der Waals surface area contributed by atoms with E-state index in [1.807, 2.05) is 13.0 Å². The number of ether oxygens (including phenoxy) is 1. The van der Waals surface area contributed by atoms with Gasteiger partial charge in [-0.2, -0.15) is 0 Å². The highest BCUT2D eigenvalue weighted by molar-refractivity contribution is 6.52. The number of nitrogens with zero attached hydrogens (tertiary/aromatic N) is 1. The maximum Gasteiger partial charge on any atom is 0.414 e. The first-order valence-electron chi connectivity index (χ1n) is 6.62. The van der Waals surface area contributed by atoms with E-state index >= 15 is 0 Å². The first-order valence-corrected chi connectivity index (χ1v) is 7.38. The second-order valence-electron chi connectivity index (χ2n) is 5.27. The van der Waals surface area contributed by atoms with Crippen LogP contribution in [0.5, 0.6) is 0 Å². The molecule has 3 rings (SSSR count). The van der Waals surface area contributed by atoms with Gasteiger partial charge < -0.3 is 10.1 Å². The summed E-state index contributed by atoms with van der Waals surface area (Å²) in [5, 5.41) is 2.78. The van der Waals surface area contributed by atoms with Gasteiger partial charge in [0.25, 0.3) is 0 Å². The second-order valence-corrected chi connectivity index (χ2v) is 6.82. The zero-order valence-electron chi connectivity index (χ0n) is 11.4. The van der Waals surface area contributed by atoms with Crippen LogP contribution >= 0.6 is 23.2 Å². The van der Waals surface area contributed by atoms with Crippen LogP contribution in [0, 0.1) is 12.8 Å². The summed E-state index contributed by atoms with van der Waals surface area (Å²) in [5.74, 6) is -0.596. The molecule has 0 aromatic heterocycles. The molecule has 1 aromatic carbocycles. The van der Waals surface area contributed by atoms with Gasteiger partial charge in [-0.25, -0.2) is 4.79 Å². The fraction of sp³-hybridized carbons (Fsp3) is 0.429. The Bertz CT molecular complexity index is 618. The van der Waals surface area contributed by atoms with Gasteiger partial charge in [-0.15, -0.1) is 23.2 Å². The number of cyclic esters (lactones) is 1. The highest BCUT2D eigenvalue weighted by Gasteiger charge is 2.56. The lowest BCUT2D eigenvalue weighted by atomic mass is 10.1. The van der Waals surface area contributed by atoms with Gasteiger partial charge in [0.2, 0.25) is 5.91 Å². The summed E-state index contributed by atoms with van der Waals surface area (Å²) in [4.78, 5) is 25.2. The van der Waals surface area contributed by atoms with Crippen LogP contribution in [0.25, 0.3) is 0 Å². The van der Waals surface area contributed by atoms with E-state index < -0.39 is 4.33 Å². The van der Waals surface area contributed by atoms with E-state index in [-0.39, 0.29) is 17.9 Å². The third kappa shape index (κ3) is 2.80. The molecule has 0 radical (unpaired) electrons. The van der Waals surface area contributed by atoms with Crippen LogP contribution in [0.15, 0.2) is 18.2 Å². The van der Waals surface area contributed by atoms with Crippen molar-refractivity contribution in [1.29, 1.82) is 0 Å². The molecule has 2 fully saturated rings. The number of alkyl halides is 2. The van der Waals surface area contributed by atoms with Gasteiger partial charge in [0.1, 0.15) is 10.9 Å². The second kappa shape index (κ2) is 5.07. The van der Waals surface area contributed by atoms with Crippen molar-refractivity contribution in [3.63, 3.8) is 0 Å². The minimum absolute atomic E-state index is 0.209. The number of halogens is 2. The largest absolute Gasteiger partial charge is 0.447 e. The first-order chi connectivity index (χ1) is 9.88. The van der Waals surface area contributed by atoms with Crippen LogP contribution in [-0.4, -0.2) is 29.5 Å². The molecule has 1 aliphatic heterocycles. The summed E-state index contributed by atoms with van der Waals surface area (Å²) in [5.41, 5.74) is 2.27. The molecular weight excluding hydrogens is 315 g/mol. The SMILES string of the molecule is Cc1ccc(NC(=O)[C@H]2CC2(Cl)Cl)cc1N1CCOC1=O. The van der Waals surface area contributed by atoms with Gasteiger partial charge in [0, 0.05) is 5.69 Å². The summed E-state index contributed by atoms with van der Waals surface area (Å²) in [6.45, 7) is 2.78. The number of rotatable bonds is 3. The zero-order valence-corrected chi connectivity index (χ0v) is 12.9. The van der Waals surface area contributed by atoms with Crippen LogP contribution in [-0.2, 0) is 9.53 Å². The van der Waals surface area contributed by atoms with E-state index in [4.69, 9.17) is 27.9 Å². The molecule has 112 valence electrons. The van der Waals surface area contributed by atoms with Crippen molar-refractivity contribution >= 4 is 46.6 Å². The van der Waals surface area contributed by atoms with Crippen molar-refractivity contribution in [2.75, 3.05) is 23.4 Å². The lowest BCUT2D eigenvalue weighted by Gasteiger charge is -2.17. The predicted molar refractivity (Wildman–Crippen MR) is 81.0 cm³/mol. The number of hydrogen-bond acceptors (Lipinski definition) is 3. The molecule has 1 N–H and O–H groups in total. The fourth-order valence-corrected chi connectivity index (χ4v) is 2.82. The molecule has 1 aliphatic carbocycles. The van der Waals surface area contributed by atoms with E-state index in [9.17, 15) is 9.59 Å². The van der Waals surface area contributed by atoms with Gasteiger partial charge in [0.15, 0.2) is 0 Å². The number of hydrogen-bond donors (Lipinski definition) is 1. The Morgan fingerprint density at radius 1 is 1.48 bits per heavy atom. The zero-order chi connectivity index (χ0) is 15.2. The van der Waals surface area contributed by atoms with E-state index in [0.29, 0.717) is 25.3 Å². The molecule has 7 heteroatoms. The van der Waals surface area contributed by atoms with Gasteiger partial charge in [0.05, 0.1) is 18.2 Å². The quantitative estimate of drug-likeness (QED) is 0.867. The molecule has 1 atom stereocenters. The Balaban J connectivity index is 1.78. The Morgan fingerprint density at radius 3 is 2.76 bits per heavy atom. The molecule has 2 aliphatic rings. The molecule has 2 amide bonds. The highest BCUT2D eigenvalue weighted by Crippen LogP contribution is 2.53. The number of anilines is 2. The van der Waals surface area contributed by atoms with Crippen molar-refractivity contribution in [3.8, 4) is 0 Å². The van der Waals surface area contributed by atoms with Crippen LogP contribution in [0.1, 0.15) is 12.0 Å². The number of carbonyl (C=O) groups excluding carboxylic acids is 2. The molecule has 5 nitrogen and oxygen atoms in total. The van der Waals surface area contributed by atoms with Crippen molar-refractivity contribution in [2.24, 2.45) is 5.92 Å². The van der Waals surface area contributed by atoms with E-state index in [1.54, 1.807) is 17.0 Å². The Morgan fingerprint density at radius 2 is 2.19 bits per heavy atom. The number of aryl methyl sites for hydroxylation is 1. The minimum atomic E-state index is -0.948. The predicted octanol–water partition coefficient (Wildman–Crippen LogP) is 3.08. The van der Waals surface area contributed by atoms with Crippen molar-refractivity contribution in [2.45, 2.75) is 17.7 Å². The molecule has 0 unspecified atom stereocenters. The van der Waals surface area contributed by atoms with E-state index in [1.165, 1.54) is 0 Å². The van der Waals surface area contributed by atoms with E-state index in [2.05, 4.69) is 5.32 Å². The molecule has 0 bridgehead atoms. The minimum Gasteiger partial charge on any atom is -0.447 e. The van der Waals surface area contributed by atoms with Crippen LogP contribution in [0.3, 0.4) is 0 Å². The molecule has 0 spiro atoms. The molecule has 1 saturated carbocycles. The highest BCUT2D eigenvalue weighted by atomic mass is 35.5. The van der Waals surface area contributed by atoms with Crippen LogP contribution in [0.2, 0.25) is 0 Å². The summed E-state index contributed by atoms with van der Waals surface area (Å²) < 4.78 is 3.99. The van der Waals surface area contributed by atoms with Crippen molar-refractivity contribution in [1.82, 2.24) is 0 Å². The Hall–Kier alpha value is -1.46. The lowest BCUT2D eigenvalue weighted by molar-refractivity contribution is -0.117. The lowest BCUT2D eigenvalue weighted by Crippen LogP contribution is -2.24. The average molecular weight is 329 g/mol. The standard InChI is InChI=1S/C14H14Cl2N2O3/c1-8-2-3-9(17-12(19)10-7-14(10,15)16)6-11(8)18-4-5-21-13(18)20/h2-3,6,10H,4-5,7H2,1H3,(H,17,19)/t10-/m1/s1. The number of carbonyl (C=O) groups is 2. The van der Waals surface area contributed by atoms with Gasteiger partial charge >= 0.3 is 6.09 Å². The first kappa shape index (κ1) is 14.5. The smallest absolute Gasteiger partial charge is 0.414 e. The van der Waals surface area contributed by atoms with Gasteiger partial charge in [-0.05, 0) is 31.0 Å².